The number of amides is 2. The van der Waals surface area contributed by atoms with Gasteiger partial charge in [0.05, 0.1) is 16.7 Å². The summed E-state index contributed by atoms with van der Waals surface area (Å²) in [7, 11) is 0. The Balaban J connectivity index is 1.43. The maximum absolute atomic E-state index is 13.1. The van der Waals surface area contributed by atoms with Gasteiger partial charge in [-0.05, 0) is 59.5 Å². The van der Waals surface area contributed by atoms with Crippen molar-refractivity contribution in [3.63, 3.8) is 0 Å². The number of nitrogens with zero attached hydrogens (tertiary/aromatic N) is 3. The van der Waals surface area contributed by atoms with Crippen LogP contribution in [0.15, 0.2) is 57.8 Å². The first kappa shape index (κ1) is 21.4. The van der Waals surface area contributed by atoms with Gasteiger partial charge in [-0.2, -0.15) is 0 Å². The minimum atomic E-state index is -0.223. The molecular formula is C23H26BrN5O2. The molecule has 0 bridgehead atoms. The van der Waals surface area contributed by atoms with E-state index in [2.05, 4.69) is 38.5 Å². The second kappa shape index (κ2) is 9.51. The summed E-state index contributed by atoms with van der Waals surface area (Å²) < 4.78 is 2.67. The number of fused-ring (bicyclic) bond motifs is 1. The molecule has 7 nitrogen and oxygen atoms in total. The summed E-state index contributed by atoms with van der Waals surface area (Å²) in [4.78, 5) is 32.2. The van der Waals surface area contributed by atoms with Crippen molar-refractivity contribution in [2.45, 2.75) is 38.8 Å². The molecule has 2 aromatic carbocycles. The van der Waals surface area contributed by atoms with Crippen molar-refractivity contribution in [1.29, 1.82) is 0 Å². The van der Waals surface area contributed by atoms with E-state index in [0.717, 1.165) is 40.5 Å². The zero-order valence-electron chi connectivity index (χ0n) is 17.5. The molecule has 31 heavy (non-hydrogen) atoms. The Morgan fingerprint density at radius 3 is 2.58 bits per heavy atom. The highest BCUT2D eigenvalue weighted by Crippen LogP contribution is 2.22. The number of carbonyl (C=O) groups is 1. The summed E-state index contributed by atoms with van der Waals surface area (Å²) >= 11 is 3.44. The van der Waals surface area contributed by atoms with Crippen LogP contribution in [-0.2, 0) is 6.54 Å². The van der Waals surface area contributed by atoms with Crippen LogP contribution in [0.3, 0.4) is 0 Å². The summed E-state index contributed by atoms with van der Waals surface area (Å²) in [6.45, 7) is 4.08. The maximum Gasteiger partial charge on any atom is 0.319 e. The van der Waals surface area contributed by atoms with Crippen molar-refractivity contribution in [2.75, 3.05) is 23.3 Å². The van der Waals surface area contributed by atoms with Gasteiger partial charge in [-0.25, -0.2) is 9.78 Å². The maximum atomic E-state index is 13.1. The fraction of sp³-hybridized carbons (Fsp3) is 0.348. The van der Waals surface area contributed by atoms with Crippen LogP contribution in [-0.4, -0.2) is 34.7 Å². The fourth-order valence-corrected chi connectivity index (χ4v) is 4.36. The van der Waals surface area contributed by atoms with Crippen molar-refractivity contribution in [3.05, 3.63) is 63.4 Å². The SMILES string of the molecule is CCCn1c(=O)c(N2CCC(NC(=O)Nc3ccccc3Br)CC2)nc2ccccc21. The summed E-state index contributed by atoms with van der Waals surface area (Å²) in [5.74, 6) is 0.503. The largest absolute Gasteiger partial charge is 0.352 e. The number of halogens is 1. The molecule has 1 fully saturated rings. The van der Waals surface area contributed by atoms with Crippen LogP contribution < -0.4 is 21.1 Å². The first-order valence-corrected chi connectivity index (χ1v) is 11.4. The second-order valence-electron chi connectivity index (χ2n) is 7.72. The number of piperidine rings is 1. The van der Waals surface area contributed by atoms with Crippen LogP contribution in [0, 0.1) is 0 Å². The Morgan fingerprint density at radius 1 is 1.13 bits per heavy atom. The number of aryl methyl sites for hydroxylation is 1. The Hall–Kier alpha value is -2.87. The lowest BCUT2D eigenvalue weighted by Crippen LogP contribution is -2.47. The van der Waals surface area contributed by atoms with Gasteiger partial charge in [-0.3, -0.25) is 4.79 Å². The molecule has 4 rings (SSSR count). The Bertz CT molecular complexity index is 1140. The Labute approximate surface area is 189 Å². The number of nitrogens with one attached hydrogen (secondary N) is 2. The molecule has 1 saturated heterocycles. The molecule has 162 valence electrons. The molecule has 0 saturated carbocycles. The zero-order valence-corrected chi connectivity index (χ0v) is 19.1. The van der Waals surface area contributed by atoms with Crippen LogP contribution in [0.4, 0.5) is 16.3 Å². The summed E-state index contributed by atoms with van der Waals surface area (Å²) in [6, 6.07) is 15.1. The van der Waals surface area contributed by atoms with Gasteiger partial charge in [0, 0.05) is 30.1 Å². The van der Waals surface area contributed by atoms with Gasteiger partial charge in [0.25, 0.3) is 5.56 Å². The summed E-state index contributed by atoms with van der Waals surface area (Å²) in [5.41, 5.74) is 2.39. The van der Waals surface area contributed by atoms with Gasteiger partial charge in [0.2, 0.25) is 0 Å². The number of benzene rings is 2. The number of rotatable bonds is 5. The number of hydrogen-bond acceptors (Lipinski definition) is 4. The van der Waals surface area contributed by atoms with Gasteiger partial charge >= 0.3 is 6.03 Å². The molecule has 0 radical (unpaired) electrons. The van der Waals surface area contributed by atoms with Crippen molar-refractivity contribution >= 4 is 44.5 Å². The molecular weight excluding hydrogens is 458 g/mol. The lowest BCUT2D eigenvalue weighted by Gasteiger charge is -2.33. The highest BCUT2D eigenvalue weighted by atomic mass is 79.9. The molecule has 1 aliphatic rings. The topological polar surface area (TPSA) is 79.3 Å². The quantitative estimate of drug-likeness (QED) is 0.564. The Kier molecular flexibility index (Phi) is 6.56. The lowest BCUT2D eigenvalue weighted by atomic mass is 10.1. The average Bonchev–Trinajstić information content (AvgIpc) is 2.78. The third kappa shape index (κ3) is 4.74. The van der Waals surface area contributed by atoms with Crippen LogP contribution in [0.5, 0.6) is 0 Å². The molecule has 0 aliphatic carbocycles. The van der Waals surface area contributed by atoms with E-state index in [-0.39, 0.29) is 17.6 Å². The predicted octanol–water partition coefficient (Wildman–Crippen LogP) is 4.36. The fourth-order valence-electron chi connectivity index (χ4n) is 3.97. The van der Waals surface area contributed by atoms with Crippen molar-refractivity contribution in [1.82, 2.24) is 14.9 Å². The number of hydrogen-bond donors (Lipinski definition) is 2. The molecule has 2 heterocycles. The van der Waals surface area contributed by atoms with Crippen molar-refractivity contribution < 1.29 is 4.79 Å². The van der Waals surface area contributed by atoms with Crippen molar-refractivity contribution in [2.24, 2.45) is 0 Å². The van der Waals surface area contributed by atoms with E-state index in [1.54, 1.807) is 0 Å². The molecule has 2 N–H and O–H groups in total. The number of anilines is 2. The first-order chi connectivity index (χ1) is 15.1. The molecule has 1 aliphatic heterocycles. The highest BCUT2D eigenvalue weighted by Gasteiger charge is 2.24. The van der Waals surface area contributed by atoms with E-state index in [4.69, 9.17) is 0 Å². The summed E-state index contributed by atoms with van der Waals surface area (Å²) in [6.07, 6.45) is 2.39. The van der Waals surface area contributed by atoms with Gasteiger partial charge in [0.1, 0.15) is 0 Å². The van der Waals surface area contributed by atoms with Gasteiger partial charge in [0.15, 0.2) is 5.82 Å². The minimum Gasteiger partial charge on any atom is -0.352 e. The molecule has 0 unspecified atom stereocenters. The number of carbonyl (C=O) groups excluding carboxylic acids is 1. The molecule has 8 heteroatoms. The smallest absolute Gasteiger partial charge is 0.319 e. The van der Waals surface area contributed by atoms with E-state index in [1.807, 2.05) is 58.0 Å². The third-order valence-electron chi connectivity index (χ3n) is 5.53. The second-order valence-corrected chi connectivity index (χ2v) is 8.57. The standard InChI is InChI=1S/C23H26BrN5O2/c1-2-13-29-20-10-6-5-9-19(20)26-21(22(29)30)28-14-11-16(12-15-28)25-23(31)27-18-8-4-3-7-17(18)24/h3-10,16H,2,11-15H2,1H3,(H2,25,27,31). The Morgan fingerprint density at radius 2 is 1.84 bits per heavy atom. The van der Waals surface area contributed by atoms with Gasteiger partial charge in [-0.15, -0.1) is 0 Å². The normalized spacial score (nSPS) is 14.6. The highest BCUT2D eigenvalue weighted by molar-refractivity contribution is 9.10. The van der Waals surface area contributed by atoms with E-state index in [1.165, 1.54) is 0 Å². The van der Waals surface area contributed by atoms with E-state index in [9.17, 15) is 9.59 Å². The minimum absolute atomic E-state index is 0.0429. The predicted molar refractivity (Wildman–Crippen MR) is 128 cm³/mol. The molecule has 0 spiro atoms. The van der Waals surface area contributed by atoms with E-state index >= 15 is 0 Å². The van der Waals surface area contributed by atoms with Crippen LogP contribution in [0.1, 0.15) is 26.2 Å². The average molecular weight is 484 g/mol. The van der Waals surface area contributed by atoms with Crippen molar-refractivity contribution in [3.8, 4) is 0 Å². The number of para-hydroxylation sites is 3. The monoisotopic (exact) mass is 483 g/mol. The summed E-state index contributed by atoms with van der Waals surface area (Å²) in [5, 5.41) is 5.92. The zero-order chi connectivity index (χ0) is 21.8. The van der Waals surface area contributed by atoms with Crippen LogP contribution >= 0.6 is 15.9 Å². The molecule has 0 atom stereocenters. The first-order valence-electron chi connectivity index (χ1n) is 10.6. The van der Waals surface area contributed by atoms with Crippen LogP contribution in [0.2, 0.25) is 0 Å². The number of aromatic nitrogens is 2. The molecule has 2 amide bonds. The van der Waals surface area contributed by atoms with E-state index < -0.39 is 0 Å². The van der Waals surface area contributed by atoms with Gasteiger partial charge < -0.3 is 20.1 Å². The number of urea groups is 1. The molecule has 1 aromatic heterocycles. The molecule has 3 aromatic rings. The van der Waals surface area contributed by atoms with E-state index in [0.29, 0.717) is 25.5 Å². The lowest BCUT2D eigenvalue weighted by molar-refractivity contribution is 0.246. The third-order valence-corrected chi connectivity index (χ3v) is 6.23. The van der Waals surface area contributed by atoms with Gasteiger partial charge in [-0.1, -0.05) is 31.2 Å². The van der Waals surface area contributed by atoms with Crippen LogP contribution in [0.25, 0.3) is 11.0 Å².